The summed E-state index contributed by atoms with van der Waals surface area (Å²) in [6, 6.07) is 5.10. The molecule has 1 rings (SSSR count). The summed E-state index contributed by atoms with van der Waals surface area (Å²) in [6.07, 6.45) is 4.09. The van der Waals surface area contributed by atoms with Gasteiger partial charge in [0.15, 0.2) is 5.84 Å². The summed E-state index contributed by atoms with van der Waals surface area (Å²) in [6.45, 7) is 7.48. The number of nitrogen functional groups attached to an aromatic ring is 1. The van der Waals surface area contributed by atoms with E-state index in [0.717, 1.165) is 6.54 Å². The van der Waals surface area contributed by atoms with Gasteiger partial charge < -0.3 is 21.8 Å². The molecule has 1 aromatic carbocycles. The number of nitrogens with two attached hydrogens (primary N) is 2. The first kappa shape index (κ1) is 24.2. The maximum Gasteiger partial charge on any atom is 0.153 e. The first-order valence-electron chi connectivity index (χ1n) is 8.55. The van der Waals surface area contributed by atoms with Gasteiger partial charge >= 0.3 is 0 Å². The van der Waals surface area contributed by atoms with Gasteiger partial charge in [-0.1, -0.05) is 12.2 Å². The Kier molecular flexibility index (Phi) is 11.2. The molecule has 0 atom stereocenters. The highest BCUT2D eigenvalue weighted by Crippen LogP contribution is 2.17. The molecule has 6 N–H and O–H groups in total. The zero-order valence-electron chi connectivity index (χ0n) is 16.6. The van der Waals surface area contributed by atoms with Crippen molar-refractivity contribution >= 4 is 23.1 Å². The second-order valence-corrected chi connectivity index (χ2v) is 6.15. The summed E-state index contributed by atoms with van der Waals surface area (Å²) in [5.74, 6) is 0.368. The van der Waals surface area contributed by atoms with Crippen LogP contribution in [0, 0.1) is 10.8 Å². The van der Waals surface area contributed by atoms with Crippen LogP contribution in [0.4, 0.5) is 10.1 Å². The lowest BCUT2D eigenvalue weighted by molar-refractivity contribution is 0.421. The predicted octanol–water partition coefficient (Wildman–Crippen LogP) is 3.73. The summed E-state index contributed by atoms with van der Waals surface area (Å²) >= 11 is 0. The fraction of sp³-hybridized carbons (Fsp3) is 0.350. The molecular weight excluding hydrogens is 343 g/mol. The number of halogens is 1. The summed E-state index contributed by atoms with van der Waals surface area (Å²) in [4.78, 5) is 6.12. The zero-order chi connectivity index (χ0) is 21.0. The zero-order valence-corrected chi connectivity index (χ0v) is 16.6. The molecule has 7 heteroatoms. The molecule has 0 fully saturated rings. The average Bonchev–Trinajstić information content (AvgIpc) is 2.60. The molecule has 0 radical (unpaired) electrons. The maximum atomic E-state index is 11.3. The monoisotopic (exact) mass is 374 g/mol. The van der Waals surface area contributed by atoms with E-state index in [1.807, 2.05) is 19.0 Å². The minimum absolute atomic E-state index is 0.0731. The normalized spacial score (nSPS) is 11.6. The number of amidine groups is 2. The van der Waals surface area contributed by atoms with E-state index < -0.39 is 0 Å². The Morgan fingerprint density at radius 3 is 2.41 bits per heavy atom. The molecular formula is C20H31FN6. The van der Waals surface area contributed by atoms with Crippen molar-refractivity contribution in [3.63, 3.8) is 0 Å². The summed E-state index contributed by atoms with van der Waals surface area (Å²) in [7, 11) is 3.91. The van der Waals surface area contributed by atoms with Gasteiger partial charge in [-0.3, -0.25) is 5.41 Å². The Hall–Kier alpha value is -2.80. The molecule has 0 aliphatic carbocycles. The van der Waals surface area contributed by atoms with Gasteiger partial charge in [-0.25, -0.2) is 9.38 Å². The largest absolute Gasteiger partial charge is 0.398 e. The first-order chi connectivity index (χ1) is 12.6. The van der Waals surface area contributed by atoms with Crippen LogP contribution in [0.3, 0.4) is 0 Å². The Balaban J connectivity index is 0.00000119. The highest BCUT2D eigenvalue weighted by Gasteiger charge is 2.09. The van der Waals surface area contributed by atoms with Crippen LogP contribution in [0.15, 0.2) is 47.7 Å². The molecule has 0 bridgehead atoms. The number of nitrogens with zero attached hydrogens (tertiary/aromatic N) is 2. The number of hydrogen-bond acceptors (Lipinski definition) is 4. The Labute approximate surface area is 161 Å². The van der Waals surface area contributed by atoms with Gasteiger partial charge in [0.1, 0.15) is 5.84 Å². The molecule has 0 aliphatic heterocycles. The Bertz CT molecular complexity index is 715. The molecule has 0 unspecified atom stereocenters. The second kappa shape index (κ2) is 12.5. The smallest absolute Gasteiger partial charge is 0.153 e. The molecule has 0 spiro atoms. The Morgan fingerprint density at radius 1 is 1.33 bits per heavy atom. The second-order valence-electron chi connectivity index (χ2n) is 6.15. The van der Waals surface area contributed by atoms with Crippen LogP contribution < -0.4 is 11.5 Å². The van der Waals surface area contributed by atoms with E-state index in [2.05, 4.69) is 11.6 Å². The van der Waals surface area contributed by atoms with Crippen molar-refractivity contribution in [2.45, 2.75) is 26.7 Å². The van der Waals surface area contributed by atoms with Crippen LogP contribution in [-0.2, 0) is 0 Å². The standard InChI is InChI=1S/C16H24N6.C4H7F/c1-4-5-13(17)12-10-11(6-7-14(12)18)16(20)21-15(19)8-9-22(2)3;1-3-4(2)5/h4,6-7,10,17H,1,5,8-9,18H2,2-3H3,(H3,19,20,21);3H,1-2H3/b;4-3+. The highest BCUT2D eigenvalue weighted by atomic mass is 19.1. The molecule has 0 saturated carbocycles. The number of anilines is 1. The summed E-state index contributed by atoms with van der Waals surface area (Å²) < 4.78 is 11.3. The van der Waals surface area contributed by atoms with Crippen LogP contribution in [0.2, 0.25) is 0 Å². The van der Waals surface area contributed by atoms with E-state index >= 15 is 0 Å². The van der Waals surface area contributed by atoms with Crippen molar-refractivity contribution in [1.82, 2.24) is 4.90 Å². The number of hydrogen-bond donors (Lipinski definition) is 4. The topological polar surface area (TPSA) is 115 Å². The summed E-state index contributed by atoms with van der Waals surface area (Å²) in [5, 5.41) is 16.0. The highest BCUT2D eigenvalue weighted by molar-refractivity contribution is 6.08. The molecule has 1 aromatic rings. The molecule has 0 amide bonds. The molecule has 0 aromatic heterocycles. The first-order valence-corrected chi connectivity index (χ1v) is 8.55. The number of nitrogens with one attached hydrogen (secondary N) is 2. The number of allylic oxidation sites excluding steroid dienone is 3. The van der Waals surface area contributed by atoms with Gasteiger partial charge in [0.25, 0.3) is 0 Å². The maximum absolute atomic E-state index is 11.3. The quantitative estimate of drug-likeness (QED) is 0.252. The molecule has 0 heterocycles. The van der Waals surface area contributed by atoms with Crippen LogP contribution in [-0.4, -0.2) is 42.9 Å². The molecule has 148 valence electrons. The van der Waals surface area contributed by atoms with Crippen LogP contribution in [0.5, 0.6) is 0 Å². The van der Waals surface area contributed by atoms with Gasteiger partial charge in [-0.2, -0.15) is 0 Å². The predicted molar refractivity (Wildman–Crippen MR) is 115 cm³/mol. The third-order valence-electron chi connectivity index (χ3n) is 3.47. The van der Waals surface area contributed by atoms with E-state index in [1.54, 1.807) is 31.2 Å². The SMILES string of the molecule is C/C=C(\C)F.C=CCC(=N)c1cc(C(=N)N=C(N)CCN(C)C)ccc1N. The average molecular weight is 375 g/mol. The van der Waals surface area contributed by atoms with E-state index in [0.29, 0.717) is 41.2 Å². The van der Waals surface area contributed by atoms with Gasteiger partial charge in [0.2, 0.25) is 0 Å². The van der Waals surface area contributed by atoms with Crippen molar-refractivity contribution < 1.29 is 4.39 Å². The van der Waals surface area contributed by atoms with Crippen molar-refractivity contribution in [1.29, 1.82) is 10.8 Å². The van der Waals surface area contributed by atoms with Crippen LogP contribution >= 0.6 is 0 Å². The van der Waals surface area contributed by atoms with Crippen molar-refractivity contribution in [2.24, 2.45) is 10.7 Å². The number of benzene rings is 1. The minimum atomic E-state index is -0.120. The van der Waals surface area contributed by atoms with Gasteiger partial charge in [-0.15, -0.1) is 6.58 Å². The van der Waals surface area contributed by atoms with E-state index in [9.17, 15) is 4.39 Å². The third kappa shape index (κ3) is 10.1. The molecule has 6 nitrogen and oxygen atoms in total. The third-order valence-corrected chi connectivity index (χ3v) is 3.47. The van der Waals surface area contributed by atoms with Crippen LogP contribution in [0.1, 0.15) is 37.8 Å². The molecule has 0 saturated heterocycles. The van der Waals surface area contributed by atoms with E-state index in [1.165, 1.54) is 13.0 Å². The number of aliphatic imine (C=N–C) groups is 1. The fourth-order valence-corrected chi connectivity index (χ4v) is 1.82. The molecule has 0 aliphatic rings. The van der Waals surface area contributed by atoms with Gasteiger partial charge in [0, 0.05) is 41.9 Å². The molecule has 27 heavy (non-hydrogen) atoms. The fourth-order valence-electron chi connectivity index (χ4n) is 1.82. The van der Waals surface area contributed by atoms with E-state index in [-0.39, 0.29) is 11.7 Å². The van der Waals surface area contributed by atoms with Crippen LogP contribution in [0.25, 0.3) is 0 Å². The lowest BCUT2D eigenvalue weighted by Crippen LogP contribution is -2.22. The van der Waals surface area contributed by atoms with Crippen molar-refractivity contribution in [2.75, 3.05) is 26.4 Å². The van der Waals surface area contributed by atoms with Crippen molar-refractivity contribution in [3.8, 4) is 0 Å². The lowest BCUT2D eigenvalue weighted by Gasteiger charge is -2.10. The minimum Gasteiger partial charge on any atom is -0.398 e. The van der Waals surface area contributed by atoms with Gasteiger partial charge in [0.05, 0.1) is 5.83 Å². The van der Waals surface area contributed by atoms with Gasteiger partial charge in [-0.05, 0) is 46.1 Å². The van der Waals surface area contributed by atoms with Crippen molar-refractivity contribution in [3.05, 3.63) is 53.9 Å². The van der Waals surface area contributed by atoms with E-state index in [4.69, 9.17) is 22.3 Å². The lowest BCUT2D eigenvalue weighted by atomic mass is 10.0. The number of rotatable bonds is 7. The summed E-state index contributed by atoms with van der Waals surface area (Å²) in [5.41, 5.74) is 13.8. The Morgan fingerprint density at radius 2 is 1.93 bits per heavy atom.